The zero-order valence-electron chi connectivity index (χ0n) is 19.4. The fourth-order valence-corrected chi connectivity index (χ4v) is 4.58. The molecule has 0 spiro atoms. The molecule has 182 valence electrons. The number of aromatic nitrogens is 1. The number of hydrogen-bond donors (Lipinski definition) is 3. The number of carbonyl (C=O) groups excluding carboxylic acids is 2. The molecule has 9 heteroatoms. The van der Waals surface area contributed by atoms with Crippen LogP contribution in [0.15, 0.2) is 102 Å². The van der Waals surface area contributed by atoms with Gasteiger partial charge in [0.2, 0.25) is 0 Å². The largest absolute Gasteiger partial charge is 0.348 e. The zero-order chi connectivity index (χ0) is 25.5. The molecule has 1 heterocycles. The Labute approximate surface area is 209 Å². The fourth-order valence-electron chi connectivity index (χ4n) is 3.44. The van der Waals surface area contributed by atoms with Gasteiger partial charge in [-0.2, -0.15) is 0 Å². The quantitative estimate of drug-likeness (QED) is 0.332. The summed E-state index contributed by atoms with van der Waals surface area (Å²) in [7, 11) is -3.82. The number of aryl methyl sites for hydroxylation is 1. The molecule has 0 fully saturated rings. The van der Waals surface area contributed by atoms with Crippen LogP contribution in [-0.2, 0) is 16.6 Å². The molecule has 2 amide bonds. The van der Waals surface area contributed by atoms with Gasteiger partial charge in [0.25, 0.3) is 21.8 Å². The SMILES string of the molecule is Cc1ccc(C(=O)Nc2ccccc2C(=O)NCc2cccnc2)cc1NS(=O)(=O)c1ccccc1. The van der Waals surface area contributed by atoms with Gasteiger partial charge in [0.1, 0.15) is 0 Å². The van der Waals surface area contributed by atoms with Gasteiger partial charge < -0.3 is 10.6 Å². The van der Waals surface area contributed by atoms with Crippen molar-refractivity contribution in [1.82, 2.24) is 10.3 Å². The number of benzene rings is 3. The first-order chi connectivity index (χ1) is 17.3. The van der Waals surface area contributed by atoms with Crippen molar-refractivity contribution in [2.45, 2.75) is 18.4 Å². The van der Waals surface area contributed by atoms with E-state index in [1.165, 1.54) is 18.2 Å². The molecule has 3 N–H and O–H groups in total. The van der Waals surface area contributed by atoms with Gasteiger partial charge in [-0.1, -0.05) is 42.5 Å². The third-order valence-electron chi connectivity index (χ3n) is 5.39. The van der Waals surface area contributed by atoms with Gasteiger partial charge in [0, 0.05) is 24.5 Å². The lowest BCUT2D eigenvalue weighted by Gasteiger charge is -2.14. The number of sulfonamides is 1. The highest BCUT2D eigenvalue weighted by Gasteiger charge is 2.18. The normalized spacial score (nSPS) is 10.9. The number of nitrogens with one attached hydrogen (secondary N) is 3. The maximum absolute atomic E-state index is 13.0. The summed E-state index contributed by atoms with van der Waals surface area (Å²) in [6.45, 7) is 2.03. The number of carbonyl (C=O) groups is 2. The average molecular weight is 501 g/mol. The molecule has 0 aliphatic rings. The van der Waals surface area contributed by atoms with Crippen molar-refractivity contribution in [2.24, 2.45) is 0 Å². The summed E-state index contributed by atoms with van der Waals surface area (Å²) in [6.07, 6.45) is 3.31. The lowest BCUT2D eigenvalue weighted by Crippen LogP contribution is -2.25. The minimum Gasteiger partial charge on any atom is -0.348 e. The van der Waals surface area contributed by atoms with Crippen LogP contribution in [0.1, 0.15) is 31.8 Å². The molecule has 0 atom stereocenters. The molecule has 0 aliphatic carbocycles. The van der Waals surface area contributed by atoms with E-state index in [1.807, 2.05) is 6.07 Å². The van der Waals surface area contributed by atoms with E-state index in [1.54, 1.807) is 80.0 Å². The van der Waals surface area contributed by atoms with Gasteiger partial charge in [0.05, 0.1) is 21.8 Å². The van der Waals surface area contributed by atoms with Crippen molar-refractivity contribution in [2.75, 3.05) is 10.0 Å². The molecular formula is C27H24N4O4S. The predicted octanol–water partition coefficient (Wildman–Crippen LogP) is 4.37. The number of pyridine rings is 1. The van der Waals surface area contributed by atoms with Crippen LogP contribution in [-0.4, -0.2) is 25.2 Å². The molecule has 0 aliphatic heterocycles. The Morgan fingerprint density at radius 2 is 1.58 bits per heavy atom. The van der Waals surface area contributed by atoms with Crippen molar-refractivity contribution in [3.05, 3.63) is 120 Å². The molecule has 36 heavy (non-hydrogen) atoms. The second-order valence-corrected chi connectivity index (χ2v) is 9.67. The average Bonchev–Trinajstić information content (AvgIpc) is 2.90. The van der Waals surface area contributed by atoms with E-state index in [0.29, 0.717) is 16.8 Å². The van der Waals surface area contributed by atoms with E-state index < -0.39 is 15.9 Å². The van der Waals surface area contributed by atoms with Gasteiger partial charge in [-0.25, -0.2) is 8.42 Å². The molecule has 0 saturated heterocycles. The molecule has 0 radical (unpaired) electrons. The van der Waals surface area contributed by atoms with Crippen LogP contribution in [0.25, 0.3) is 0 Å². The molecule has 0 unspecified atom stereocenters. The van der Waals surface area contributed by atoms with E-state index in [0.717, 1.165) is 5.56 Å². The van der Waals surface area contributed by atoms with Crippen LogP contribution >= 0.6 is 0 Å². The number of para-hydroxylation sites is 1. The topological polar surface area (TPSA) is 117 Å². The lowest BCUT2D eigenvalue weighted by atomic mass is 10.1. The van der Waals surface area contributed by atoms with Crippen molar-refractivity contribution >= 4 is 33.2 Å². The Bertz CT molecular complexity index is 1490. The van der Waals surface area contributed by atoms with E-state index >= 15 is 0 Å². The second-order valence-electron chi connectivity index (χ2n) is 7.99. The van der Waals surface area contributed by atoms with Crippen molar-refractivity contribution < 1.29 is 18.0 Å². The number of nitrogens with zero attached hydrogens (tertiary/aromatic N) is 1. The van der Waals surface area contributed by atoms with Crippen LogP contribution in [0.4, 0.5) is 11.4 Å². The molecule has 0 bridgehead atoms. The van der Waals surface area contributed by atoms with Crippen LogP contribution in [0.3, 0.4) is 0 Å². The Kier molecular flexibility index (Phi) is 7.41. The number of rotatable bonds is 8. The van der Waals surface area contributed by atoms with Gasteiger partial charge in [-0.15, -0.1) is 0 Å². The van der Waals surface area contributed by atoms with Crippen LogP contribution in [0.2, 0.25) is 0 Å². The number of amides is 2. The second kappa shape index (κ2) is 10.8. The summed E-state index contributed by atoms with van der Waals surface area (Å²) in [5.74, 6) is -0.836. The van der Waals surface area contributed by atoms with E-state index in [-0.39, 0.29) is 28.6 Å². The van der Waals surface area contributed by atoms with E-state index in [4.69, 9.17) is 0 Å². The highest BCUT2D eigenvalue weighted by molar-refractivity contribution is 7.92. The summed E-state index contributed by atoms with van der Waals surface area (Å²) in [5, 5.41) is 5.58. The molecular weight excluding hydrogens is 476 g/mol. The van der Waals surface area contributed by atoms with Crippen LogP contribution in [0, 0.1) is 6.92 Å². The summed E-state index contributed by atoms with van der Waals surface area (Å²) in [5.41, 5.74) is 2.65. The zero-order valence-corrected chi connectivity index (χ0v) is 20.2. The van der Waals surface area contributed by atoms with E-state index in [9.17, 15) is 18.0 Å². The van der Waals surface area contributed by atoms with Crippen molar-refractivity contribution in [3.8, 4) is 0 Å². The molecule has 1 aromatic heterocycles. The minimum atomic E-state index is -3.82. The molecule has 3 aromatic carbocycles. The van der Waals surface area contributed by atoms with Crippen LogP contribution < -0.4 is 15.4 Å². The van der Waals surface area contributed by atoms with Crippen LogP contribution in [0.5, 0.6) is 0 Å². The summed E-state index contributed by atoms with van der Waals surface area (Å²) < 4.78 is 28.0. The third kappa shape index (κ3) is 5.94. The predicted molar refractivity (Wildman–Crippen MR) is 138 cm³/mol. The smallest absolute Gasteiger partial charge is 0.261 e. The summed E-state index contributed by atoms with van der Waals surface area (Å²) >= 11 is 0. The van der Waals surface area contributed by atoms with Crippen molar-refractivity contribution in [3.63, 3.8) is 0 Å². The Hall–Kier alpha value is -4.50. The maximum Gasteiger partial charge on any atom is 0.261 e. The van der Waals surface area contributed by atoms with Gasteiger partial charge in [-0.3, -0.25) is 19.3 Å². The summed E-state index contributed by atoms with van der Waals surface area (Å²) in [6, 6.07) is 23.0. The number of anilines is 2. The first-order valence-electron chi connectivity index (χ1n) is 11.1. The van der Waals surface area contributed by atoms with E-state index in [2.05, 4.69) is 20.3 Å². The monoisotopic (exact) mass is 500 g/mol. The first kappa shape index (κ1) is 24.6. The molecule has 4 aromatic rings. The van der Waals surface area contributed by atoms with Gasteiger partial charge in [-0.05, 0) is 60.5 Å². The minimum absolute atomic E-state index is 0.116. The Morgan fingerprint density at radius 1 is 0.833 bits per heavy atom. The Balaban J connectivity index is 1.51. The lowest BCUT2D eigenvalue weighted by molar-refractivity contribution is 0.0951. The standard InChI is InChI=1S/C27H24N4O4S/c1-19-13-14-21(16-25(19)31-36(34,35)22-9-3-2-4-10-22)26(32)30-24-12-6-5-11-23(24)27(33)29-18-20-8-7-15-28-17-20/h2-17,31H,18H2,1H3,(H,29,33)(H,30,32). The first-order valence-corrected chi connectivity index (χ1v) is 12.6. The molecule has 8 nitrogen and oxygen atoms in total. The number of hydrogen-bond acceptors (Lipinski definition) is 5. The van der Waals surface area contributed by atoms with Gasteiger partial charge in [0.15, 0.2) is 0 Å². The maximum atomic E-state index is 13.0. The molecule has 4 rings (SSSR count). The fraction of sp³-hybridized carbons (Fsp3) is 0.0741. The Morgan fingerprint density at radius 3 is 2.33 bits per heavy atom. The van der Waals surface area contributed by atoms with Crippen molar-refractivity contribution in [1.29, 1.82) is 0 Å². The molecule has 0 saturated carbocycles. The van der Waals surface area contributed by atoms with Gasteiger partial charge >= 0.3 is 0 Å². The highest BCUT2D eigenvalue weighted by atomic mass is 32.2. The third-order valence-corrected chi connectivity index (χ3v) is 6.77. The highest BCUT2D eigenvalue weighted by Crippen LogP contribution is 2.23. The summed E-state index contributed by atoms with van der Waals surface area (Å²) in [4.78, 5) is 30.0.